The smallest absolute Gasteiger partial charge is 0.406 e. The summed E-state index contributed by atoms with van der Waals surface area (Å²) < 4.78 is 71.1. The van der Waals surface area contributed by atoms with Crippen molar-refractivity contribution in [3.63, 3.8) is 0 Å². The van der Waals surface area contributed by atoms with Gasteiger partial charge in [0.1, 0.15) is 17.4 Å². The molecule has 2 atom stereocenters. The molecule has 0 bridgehead atoms. The molecular formula is C34H37F5N2O2. The molecule has 3 aromatic carbocycles. The van der Waals surface area contributed by atoms with E-state index in [1.165, 1.54) is 42.5 Å². The van der Waals surface area contributed by atoms with E-state index in [1.54, 1.807) is 12.1 Å². The first-order valence-electron chi connectivity index (χ1n) is 14.9. The molecule has 0 aliphatic carbocycles. The molecule has 230 valence electrons. The SMILES string of the molecule is CCCCCN(CCCCC)C(=O)C1CC(c2c(F)cccc2F)=NC1c1ccc(-c2ccc(OC(F)(F)F)cc2)cc1. The van der Waals surface area contributed by atoms with Gasteiger partial charge in [0.15, 0.2) is 0 Å². The van der Waals surface area contributed by atoms with Crippen LogP contribution in [0.2, 0.25) is 0 Å². The van der Waals surface area contributed by atoms with Crippen molar-refractivity contribution >= 4 is 11.6 Å². The van der Waals surface area contributed by atoms with Crippen molar-refractivity contribution in [3.8, 4) is 16.9 Å². The highest BCUT2D eigenvalue weighted by Crippen LogP contribution is 2.39. The quantitative estimate of drug-likeness (QED) is 0.145. The van der Waals surface area contributed by atoms with E-state index in [4.69, 9.17) is 4.99 Å². The zero-order chi connectivity index (χ0) is 31.0. The van der Waals surface area contributed by atoms with E-state index in [1.807, 2.05) is 17.0 Å². The summed E-state index contributed by atoms with van der Waals surface area (Å²) in [6.45, 7) is 5.45. The maximum Gasteiger partial charge on any atom is 0.573 e. The topological polar surface area (TPSA) is 41.9 Å². The van der Waals surface area contributed by atoms with E-state index in [2.05, 4.69) is 18.6 Å². The minimum Gasteiger partial charge on any atom is -0.406 e. The summed E-state index contributed by atoms with van der Waals surface area (Å²) in [6.07, 6.45) is 1.14. The highest BCUT2D eigenvalue weighted by atomic mass is 19.4. The van der Waals surface area contributed by atoms with Gasteiger partial charge in [-0.05, 0) is 53.8 Å². The fourth-order valence-corrected chi connectivity index (χ4v) is 5.49. The number of ether oxygens (including phenoxy) is 1. The van der Waals surface area contributed by atoms with E-state index in [0.29, 0.717) is 24.2 Å². The first-order chi connectivity index (χ1) is 20.6. The molecule has 0 spiro atoms. The number of nitrogens with zero attached hydrogens (tertiary/aromatic N) is 2. The predicted octanol–water partition coefficient (Wildman–Crippen LogP) is 9.29. The molecule has 3 aromatic rings. The van der Waals surface area contributed by atoms with Gasteiger partial charge in [-0.2, -0.15) is 0 Å². The molecule has 9 heteroatoms. The minimum atomic E-state index is -4.77. The summed E-state index contributed by atoms with van der Waals surface area (Å²) in [5, 5.41) is 0. The molecule has 0 N–H and O–H groups in total. The van der Waals surface area contributed by atoms with Gasteiger partial charge >= 0.3 is 6.36 Å². The fourth-order valence-electron chi connectivity index (χ4n) is 5.49. The Morgan fingerprint density at radius 3 is 1.88 bits per heavy atom. The minimum absolute atomic E-state index is 0.0722. The molecular weight excluding hydrogens is 563 g/mol. The van der Waals surface area contributed by atoms with Crippen molar-refractivity contribution in [3.05, 3.63) is 89.5 Å². The van der Waals surface area contributed by atoms with Crippen LogP contribution in [0.15, 0.2) is 71.7 Å². The van der Waals surface area contributed by atoms with E-state index in [-0.39, 0.29) is 29.4 Å². The summed E-state index contributed by atoms with van der Waals surface area (Å²) in [7, 11) is 0. The van der Waals surface area contributed by atoms with E-state index in [0.717, 1.165) is 44.1 Å². The second kappa shape index (κ2) is 14.6. The van der Waals surface area contributed by atoms with Crippen LogP contribution in [0.25, 0.3) is 11.1 Å². The molecule has 4 rings (SSSR count). The van der Waals surface area contributed by atoms with Gasteiger partial charge in [0, 0.05) is 25.2 Å². The van der Waals surface area contributed by atoms with Crippen molar-refractivity contribution in [2.45, 2.75) is 71.2 Å². The number of hydrogen-bond acceptors (Lipinski definition) is 3. The predicted molar refractivity (Wildman–Crippen MR) is 158 cm³/mol. The summed E-state index contributed by atoms with van der Waals surface area (Å²) >= 11 is 0. The average Bonchev–Trinajstić information content (AvgIpc) is 3.41. The first-order valence-corrected chi connectivity index (χ1v) is 14.9. The van der Waals surface area contributed by atoms with Crippen LogP contribution in [0.3, 0.4) is 0 Å². The number of benzene rings is 3. The second-order valence-corrected chi connectivity index (χ2v) is 10.9. The summed E-state index contributed by atoms with van der Waals surface area (Å²) in [4.78, 5) is 20.7. The van der Waals surface area contributed by atoms with Crippen molar-refractivity contribution < 1.29 is 31.5 Å². The molecule has 1 aliphatic heterocycles. The van der Waals surface area contributed by atoms with Gasteiger partial charge in [0.05, 0.1) is 17.5 Å². The summed E-state index contributed by atoms with van der Waals surface area (Å²) in [6, 6.07) is 15.8. The number of carbonyl (C=O) groups is 1. The van der Waals surface area contributed by atoms with E-state index < -0.39 is 30.0 Å². The molecule has 1 heterocycles. The van der Waals surface area contributed by atoms with E-state index in [9.17, 15) is 26.7 Å². The van der Waals surface area contributed by atoms with Crippen LogP contribution in [-0.4, -0.2) is 36.0 Å². The fraction of sp³-hybridized carbons (Fsp3) is 0.412. The van der Waals surface area contributed by atoms with Crippen LogP contribution in [0.1, 0.15) is 76.0 Å². The van der Waals surface area contributed by atoms with Gasteiger partial charge < -0.3 is 9.64 Å². The van der Waals surface area contributed by atoms with Crippen LogP contribution in [0.4, 0.5) is 22.0 Å². The molecule has 0 fully saturated rings. The first kappa shape index (κ1) is 32.2. The molecule has 0 aromatic heterocycles. The molecule has 1 amide bonds. The van der Waals surface area contributed by atoms with Crippen LogP contribution in [0.5, 0.6) is 5.75 Å². The van der Waals surface area contributed by atoms with Crippen molar-refractivity contribution in [2.24, 2.45) is 10.9 Å². The van der Waals surface area contributed by atoms with Crippen molar-refractivity contribution in [1.29, 1.82) is 0 Å². The van der Waals surface area contributed by atoms with Crippen molar-refractivity contribution in [2.75, 3.05) is 13.1 Å². The third kappa shape index (κ3) is 8.42. The number of aliphatic imine (C=N–C) groups is 1. The van der Waals surface area contributed by atoms with Gasteiger partial charge in [-0.25, -0.2) is 8.78 Å². The molecule has 2 unspecified atom stereocenters. The van der Waals surface area contributed by atoms with Gasteiger partial charge in [0.25, 0.3) is 0 Å². The average molecular weight is 601 g/mol. The lowest BCUT2D eigenvalue weighted by Gasteiger charge is -2.28. The lowest BCUT2D eigenvalue weighted by Crippen LogP contribution is -2.39. The van der Waals surface area contributed by atoms with Crippen LogP contribution in [-0.2, 0) is 4.79 Å². The number of alkyl halides is 3. The summed E-state index contributed by atoms with van der Waals surface area (Å²) in [5.41, 5.74) is 2.16. The Balaban J connectivity index is 1.64. The number of rotatable bonds is 13. The third-order valence-electron chi connectivity index (χ3n) is 7.71. The number of halogens is 5. The maximum absolute atomic E-state index is 14.8. The number of amides is 1. The Kier molecular flexibility index (Phi) is 10.9. The molecule has 4 nitrogen and oxygen atoms in total. The largest absolute Gasteiger partial charge is 0.573 e. The Morgan fingerprint density at radius 1 is 0.837 bits per heavy atom. The van der Waals surface area contributed by atoms with Gasteiger partial charge in [-0.1, -0.05) is 82.0 Å². The van der Waals surface area contributed by atoms with Gasteiger partial charge in [-0.3, -0.25) is 9.79 Å². The van der Waals surface area contributed by atoms with Gasteiger partial charge in [0.2, 0.25) is 5.91 Å². The Morgan fingerprint density at radius 2 is 1.37 bits per heavy atom. The number of hydrogen-bond donors (Lipinski definition) is 0. The third-order valence-corrected chi connectivity index (χ3v) is 7.71. The van der Waals surface area contributed by atoms with Gasteiger partial charge in [-0.15, -0.1) is 13.2 Å². The van der Waals surface area contributed by atoms with Crippen LogP contribution in [0, 0.1) is 17.6 Å². The lowest BCUT2D eigenvalue weighted by atomic mass is 9.89. The highest BCUT2D eigenvalue weighted by molar-refractivity contribution is 6.05. The summed E-state index contributed by atoms with van der Waals surface area (Å²) in [5.74, 6) is -2.45. The molecule has 0 saturated carbocycles. The van der Waals surface area contributed by atoms with Crippen LogP contribution >= 0.6 is 0 Å². The van der Waals surface area contributed by atoms with Crippen LogP contribution < -0.4 is 4.74 Å². The zero-order valence-corrected chi connectivity index (χ0v) is 24.5. The Hall–Kier alpha value is -3.75. The van der Waals surface area contributed by atoms with E-state index >= 15 is 0 Å². The maximum atomic E-state index is 14.8. The Labute approximate surface area is 249 Å². The number of unbranched alkanes of at least 4 members (excludes halogenated alkanes) is 4. The Bertz CT molecular complexity index is 1360. The lowest BCUT2D eigenvalue weighted by molar-refractivity contribution is -0.274. The molecule has 0 saturated heterocycles. The monoisotopic (exact) mass is 600 g/mol. The standard InChI is InChI=1S/C34H37F5N2O2/c1-3-5-7-20-41(21-8-6-4-2)33(42)27-22-30(31-28(35)10-9-11-29(31)36)40-32(27)25-14-12-23(13-15-25)24-16-18-26(19-17-24)43-34(37,38)39/h9-19,27,32H,3-8,20-22H2,1-2H3. The second-order valence-electron chi connectivity index (χ2n) is 10.9. The highest BCUT2D eigenvalue weighted by Gasteiger charge is 2.39. The normalized spacial score (nSPS) is 16.7. The number of carbonyl (C=O) groups excluding carboxylic acids is 1. The molecule has 1 aliphatic rings. The van der Waals surface area contributed by atoms with Crippen molar-refractivity contribution in [1.82, 2.24) is 4.90 Å². The molecule has 0 radical (unpaired) electrons. The zero-order valence-electron chi connectivity index (χ0n) is 24.5. The molecule has 43 heavy (non-hydrogen) atoms.